The van der Waals surface area contributed by atoms with E-state index in [4.69, 9.17) is 4.74 Å². The summed E-state index contributed by atoms with van der Waals surface area (Å²) >= 11 is 0. The van der Waals surface area contributed by atoms with Crippen molar-refractivity contribution < 1.29 is 9.53 Å². The van der Waals surface area contributed by atoms with Crippen molar-refractivity contribution in [3.8, 4) is 0 Å². The average Bonchev–Trinajstić information content (AvgIpc) is 2.39. The van der Waals surface area contributed by atoms with Gasteiger partial charge in [-0.3, -0.25) is 4.79 Å². The van der Waals surface area contributed by atoms with E-state index in [9.17, 15) is 4.79 Å². The summed E-state index contributed by atoms with van der Waals surface area (Å²) in [6.07, 6.45) is 3.91. The van der Waals surface area contributed by atoms with Crippen LogP contribution >= 0.6 is 0 Å². The molecule has 1 unspecified atom stereocenters. The van der Waals surface area contributed by atoms with Gasteiger partial charge in [0.1, 0.15) is 6.10 Å². The highest BCUT2D eigenvalue weighted by atomic mass is 16.5. The molecule has 0 aromatic carbocycles. The quantitative estimate of drug-likeness (QED) is 0.514. The van der Waals surface area contributed by atoms with E-state index in [0.29, 0.717) is 0 Å². The Morgan fingerprint density at radius 2 is 1.90 bits per heavy atom. The van der Waals surface area contributed by atoms with Gasteiger partial charge in [-0.15, -0.1) is 0 Å². The second-order valence-electron chi connectivity index (χ2n) is 3.46. The third-order valence-corrected chi connectivity index (χ3v) is 2.53. The van der Waals surface area contributed by atoms with Crippen molar-refractivity contribution in [1.82, 2.24) is 0 Å². The topological polar surface area (TPSA) is 26.3 Å². The van der Waals surface area contributed by atoms with Crippen LogP contribution in [0.3, 0.4) is 0 Å². The molecule has 0 spiro atoms. The zero-order valence-electron chi connectivity index (χ0n) is 6.17. The van der Waals surface area contributed by atoms with E-state index < -0.39 is 0 Å². The van der Waals surface area contributed by atoms with Crippen LogP contribution in [0.4, 0.5) is 0 Å². The number of carbonyl (C=O) groups is 1. The molecule has 3 atom stereocenters. The lowest BCUT2D eigenvalue weighted by Crippen LogP contribution is -2.13. The molecule has 0 N–H and O–H groups in total. The van der Waals surface area contributed by atoms with Crippen molar-refractivity contribution >= 4 is 5.97 Å². The number of fused-ring (bicyclic) bond motifs is 1. The van der Waals surface area contributed by atoms with Gasteiger partial charge in [-0.1, -0.05) is 0 Å². The number of ether oxygens (including phenoxy) is 1. The normalized spacial score (nSPS) is 42.7. The van der Waals surface area contributed by atoms with Crippen LogP contribution in [0.25, 0.3) is 0 Å². The second-order valence-corrected chi connectivity index (χ2v) is 3.46. The molecule has 0 saturated heterocycles. The van der Waals surface area contributed by atoms with Gasteiger partial charge >= 0.3 is 5.97 Å². The maximum absolute atomic E-state index is 10.5. The number of rotatable bonds is 1. The first kappa shape index (κ1) is 6.20. The highest BCUT2D eigenvalue weighted by molar-refractivity contribution is 5.66. The molecule has 0 amide bonds. The van der Waals surface area contributed by atoms with E-state index in [1.165, 1.54) is 13.3 Å². The molecule has 2 fully saturated rings. The van der Waals surface area contributed by atoms with Gasteiger partial charge in [0.2, 0.25) is 0 Å². The Bertz CT molecular complexity index is 155. The maximum atomic E-state index is 10.5. The summed E-state index contributed by atoms with van der Waals surface area (Å²) < 4.78 is 5.07. The number of carbonyl (C=O) groups excluding carboxylic acids is 1. The molecule has 2 heteroatoms. The van der Waals surface area contributed by atoms with Crippen LogP contribution in [0.1, 0.15) is 26.2 Å². The largest absolute Gasteiger partial charge is 0.463 e. The van der Waals surface area contributed by atoms with Crippen LogP contribution < -0.4 is 0 Å². The van der Waals surface area contributed by atoms with E-state index in [1.54, 1.807) is 0 Å². The fraction of sp³-hybridized carbons (Fsp3) is 0.875. The molecular formula is C8H12O2. The van der Waals surface area contributed by atoms with Gasteiger partial charge in [-0.25, -0.2) is 0 Å². The summed E-state index contributed by atoms with van der Waals surface area (Å²) in [6.45, 7) is 1.49. The van der Waals surface area contributed by atoms with Crippen LogP contribution in [-0.4, -0.2) is 12.1 Å². The van der Waals surface area contributed by atoms with E-state index in [2.05, 4.69) is 0 Å². The number of hydrogen-bond acceptors (Lipinski definition) is 2. The SMILES string of the molecule is CC(=O)OC1C[C@@H]2C[C@@H]2C1. The molecule has 10 heavy (non-hydrogen) atoms. The average molecular weight is 140 g/mol. The summed E-state index contributed by atoms with van der Waals surface area (Å²) in [5.41, 5.74) is 0. The van der Waals surface area contributed by atoms with Crippen LogP contribution in [0.2, 0.25) is 0 Å². The highest BCUT2D eigenvalue weighted by Crippen LogP contribution is 2.52. The van der Waals surface area contributed by atoms with Crippen molar-refractivity contribution in [3.05, 3.63) is 0 Å². The Balaban J connectivity index is 1.80. The van der Waals surface area contributed by atoms with Crippen LogP contribution in [0.5, 0.6) is 0 Å². The molecule has 56 valence electrons. The maximum Gasteiger partial charge on any atom is 0.302 e. The lowest BCUT2D eigenvalue weighted by molar-refractivity contribution is -0.146. The molecule has 0 heterocycles. The van der Waals surface area contributed by atoms with Gasteiger partial charge in [-0.05, 0) is 31.1 Å². The molecule has 2 saturated carbocycles. The predicted octanol–water partition coefficient (Wildman–Crippen LogP) is 1.35. The Morgan fingerprint density at radius 1 is 1.30 bits per heavy atom. The minimum atomic E-state index is -0.119. The molecule has 2 aliphatic carbocycles. The van der Waals surface area contributed by atoms with Crippen molar-refractivity contribution in [2.45, 2.75) is 32.3 Å². The van der Waals surface area contributed by atoms with Crippen LogP contribution in [-0.2, 0) is 9.53 Å². The summed E-state index contributed by atoms with van der Waals surface area (Å²) in [4.78, 5) is 10.5. The van der Waals surface area contributed by atoms with Gasteiger partial charge in [0.05, 0.1) is 0 Å². The van der Waals surface area contributed by atoms with Gasteiger partial charge < -0.3 is 4.74 Å². The summed E-state index contributed by atoms with van der Waals surface area (Å²) in [5, 5.41) is 0. The Kier molecular flexibility index (Phi) is 1.22. The lowest BCUT2D eigenvalue weighted by atomic mass is 10.2. The minimum absolute atomic E-state index is 0.119. The first-order valence-corrected chi connectivity index (χ1v) is 3.93. The fourth-order valence-electron chi connectivity index (χ4n) is 1.99. The minimum Gasteiger partial charge on any atom is -0.463 e. The van der Waals surface area contributed by atoms with Crippen molar-refractivity contribution in [2.75, 3.05) is 0 Å². The van der Waals surface area contributed by atoms with Gasteiger partial charge in [0.15, 0.2) is 0 Å². The number of hydrogen-bond donors (Lipinski definition) is 0. The number of esters is 1. The van der Waals surface area contributed by atoms with E-state index in [-0.39, 0.29) is 12.1 Å². The molecule has 0 radical (unpaired) electrons. The van der Waals surface area contributed by atoms with Gasteiger partial charge in [0, 0.05) is 6.92 Å². The highest BCUT2D eigenvalue weighted by Gasteiger charge is 2.46. The monoisotopic (exact) mass is 140 g/mol. The summed E-state index contributed by atoms with van der Waals surface area (Å²) in [7, 11) is 0. The van der Waals surface area contributed by atoms with E-state index in [0.717, 1.165) is 24.7 Å². The molecular weight excluding hydrogens is 128 g/mol. The Morgan fingerprint density at radius 3 is 2.40 bits per heavy atom. The van der Waals surface area contributed by atoms with Crippen molar-refractivity contribution in [1.29, 1.82) is 0 Å². The van der Waals surface area contributed by atoms with Crippen LogP contribution in [0, 0.1) is 11.8 Å². The van der Waals surface area contributed by atoms with Gasteiger partial charge in [0.25, 0.3) is 0 Å². The summed E-state index contributed by atoms with van der Waals surface area (Å²) in [6, 6.07) is 0. The zero-order chi connectivity index (χ0) is 7.14. The molecule has 0 aromatic heterocycles. The third-order valence-electron chi connectivity index (χ3n) is 2.53. The van der Waals surface area contributed by atoms with Crippen LogP contribution in [0.15, 0.2) is 0 Å². The first-order chi connectivity index (χ1) is 4.75. The molecule has 0 aromatic rings. The molecule has 2 rings (SSSR count). The molecule has 2 nitrogen and oxygen atoms in total. The molecule has 0 aliphatic heterocycles. The van der Waals surface area contributed by atoms with E-state index in [1.807, 2.05) is 0 Å². The molecule has 2 aliphatic rings. The van der Waals surface area contributed by atoms with Crippen molar-refractivity contribution in [3.63, 3.8) is 0 Å². The smallest absolute Gasteiger partial charge is 0.302 e. The van der Waals surface area contributed by atoms with Crippen molar-refractivity contribution in [2.24, 2.45) is 11.8 Å². The second kappa shape index (κ2) is 1.97. The first-order valence-electron chi connectivity index (χ1n) is 3.93. The fourth-order valence-corrected chi connectivity index (χ4v) is 1.99. The Hall–Kier alpha value is -0.530. The molecule has 0 bridgehead atoms. The lowest BCUT2D eigenvalue weighted by Gasteiger charge is -2.10. The predicted molar refractivity (Wildman–Crippen MR) is 36.4 cm³/mol. The Labute approximate surface area is 60.6 Å². The standard InChI is InChI=1S/C8H12O2/c1-5(9)10-8-3-6-2-7(6)4-8/h6-8H,2-4H2,1H3/t6-,7+,8?. The zero-order valence-corrected chi connectivity index (χ0v) is 6.17. The van der Waals surface area contributed by atoms with Gasteiger partial charge in [-0.2, -0.15) is 0 Å². The summed E-state index contributed by atoms with van der Waals surface area (Å²) in [5.74, 6) is 1.69. The van der Waals surface area contributed by atoms with E-state index >= 15 is 0 Å². The third kappa shape index (κ3) is 1.02.